The average molecular weight is 260 g/mol. The molecular formula is C4H6BrNO3S2. The third-order valence-electron chi connectivity index (χ3n) is 0.824. The Morgan fingerprint density at radius 2 is 2.36 bits per heavy atom. The molecule has 4 nitrogen and oxygen atoms in total. The van der Waals surface area contributed by atoms with Gasteiger partial charge in [0.15, 0.2) is 4.16 Å². The third kappa shape index (κ3) is 3.96. The zero-order valence-electron chi connectivity index (χ0n) is 5.65. The van der Waals surface area contributed by atoms with Crippen molar-refractivity contribution in [2.45, 2.75) is 4.16 Å². The topological polar surface area (TPSA) is 67.2 Å². The van der Waals surface area contributed by atoms with E-state index >= 15 is 0 Å². The lowest BCUT2D eigenvalue weighted by molar-refractivity contribution is 0.397. The molecule has 7 heteroatoms. The fourth-order valence-corrected chi connectivity index (χ4v) is 2.43. The monoisotopic (exact) mass is 259 g/mol. The molecule has 1 unspecified atom stereocenters. The van der Waals surface area contributed by atoms with Crippen LogP contribution in [0.1, 0.15) is 0 Å². The normalized spacial score (nSPS) is 13.9. The summed E-state index contributed by atoms with van der Waals surface area (Å²) < 4.78 is 25.0. The summed E-state index contributed by atoms with van der Waals surface area (Å²) in [6.07, 6.45) is 0. The molecule has 0 aliphatic carbocycles. The summed E-state index contributed by atoms with van der Waals surface area (Å²) in [5.41, 5.74) is 0. The van der Waals surface area contributed by atoms with E-state index in [4.69, 9.17) is 5.26 Å². The minimum Gasteiger partial charge on any atom is -0.273 e. The molecular weight excluding hydrogens is 254 g/mol. The molecule has 0 fully saturated rings. The van der Waals surface area contributed by atoms with Gasteiger partial charge in [0.2, 0.25) is 0 Å². The van der Waals surface area contributed by atoms with Crippen LogP contribution < -0.4 is 0 Å². The van der Waals surface area contributed by atoms with Crippen LogP contribution in [0.5, 0.6) is 0 Å². The molecule has 0 aromatic rings. The molecule has 0 radical (unpaired) electrons. The fraction of sp³-hybridized carbons (Fsp3) is 0.750. The predicted octanol–water partition coefficient (Wildman–Crippen LogP) is 0.898. The van der Waals surface area contributed by atoms with Crippen molar-refractivity contribution in [1.29, 1.82) is 5.26 Å². The Bertz CT molecular complexity index is 245. The molecule has 11 heavy (non-hydrogen) atoms. The molecule has 0 N–H and O–H groups in total. The first-order chi connectivity index (χ1) is 5.04. The zero-order chi connectivity index (χ0) is 8.91. The van der Waals surface area contributed by atoms with Gasteiger partial charge in [0.25, 0.3) is 10.1 Å². The van der Waals surface area contributed by atoms with Crippen molar-refractivity contribution in [3.05, 3.63) is 0 Å². The van der Waals surface area contributed by atoms with E-state index in [1.165, 1.54) is 0 Å². The highest BCUT2D eigenvalue weighted by atomic mass is 79.9. The van der Waals surface area contributed by atoms with Crippen LogP contribution in [0.15, 0.2) is 0 Å². The standard InChI is InChI=1S/C4H6BrNO3S2/c1-9-11(7,8)4(5)2-10-3-6/h4H,2H2,1H3. The zero-order valence-corrected chi connectivity index (χ0v) is 8.87. The Morgan fingerprint density at radius 1 is 1.82 bits per heavy atom. The molecule has 0 aliphatic heterocycles. The lowest BCUT2D eigenvalue weighted by atomic mass is 11.0. The number of alkyl halides is 1. The van der Waals surface area contributed by atoms with E-state index < -0.39 is 14.3 Å². The van der Waals surface area contributed by atoms with Gasteiger partial charge in [0.05, 0.1) is 7.11 Å². The van der Waals surface area contributed by atoms with Crippen molar-refractivity contribution in [3.8, 4) is 5.40 Å². The van der Waals surface area contributed by atoms with E-state index in [9.17, 15) is 8.42 Å². The molecule has 0 rings (SSSR count). The van der Waals surface area contributed by atoms with E-state index in [0.29, 0.717) is 0 Å². The van der Waals surface area contributed by atoms with Gasteiger partial charge in [-0.25, -0.2) is 0 Å². The van der Waals surface area contributed by atoms with Crippen molar-refractivity contribution in [3.63, 3.8) is 0 Å². The number of thioether (sulfide) groups is 1. The molecule has 1 atom stereocenters. The van der Waals surface area contributed by atoms with E-state index in [1.54, 1.807) is 5.40 Å². The third-order valence-corrected chi connectivity index (χ3v) is 5.05. The van der Waals surface area contributed by atoms with Crippen LogP contribution in [0.4, 0.5) is 0 Å². The summed E-state index contributed by atoms with van der Waals surface area (Å²) in [4.78, 5) is 0. The van der Waals surface area contributed by atoms with Gasteiger partial charge in [-0.2, -0.15) is 13.7 Å². The van der Waals surface area contributed by atoms with Crippen molar-refractivity contribution < 1.29 is 12.6 Å². The molecule has 0 aliphatic rings. The number of halogens is 1. The van der Waals surface area contributed by atoms with Crippen LogP contribution in [0.2, 0.25) is 0 Å². The number of rotatable bonds is 4. The molecule has 0 bridgehead atoms. The molecule has 0 spiro atoms. The van der Waals surface area contributed by atoms with Crippen LogP contribution in [-0.2, 0) is 14.3 Å². The minimum absolute atomic E-state index is 0.159. The Kier molecular flexibility index (Phi) is 5.08. The second kappa shape index (κ2) is 4.98. The summed E-state index contributed by atoms with van der Waals surface area (Å²) in [5, 5.41) is 9.87. The number of hydrogen-bond donors (Lipinski definition) is 0. The summed E-state index contributed by atoms with van der Waals surface area (Å²) in [7, 11) is -2.44. The fourth-order valence-electron chi connectivity index (χ4n) is 0.291. The van der Waals surface area contributed by atoms with Gasteiger partial charge in [-0.3, -0.25) is 4.18 Å². The Labute approximate surface area is 78.2 Å². The highest BCUT2D eigenvalue weighted by molar-refractivity contribution is 9.11. The lowest BCUT2D eigenvalue weighted by Crippen LogP contribution is -2.18. The molecule has 0 heterocycles. The van der Waals surface area contributed by atoms with Crippen molar-refractivity contribution in [2.75, 3.05) is 12.9 Å². The molecule has 0 amide bonds. The van der Waals surface area contributed by atoms with Crippen molar-refractivity contribution in [2.24, 2.45) is 0 Å². The van der Waals surface area contributed by atoms with Gasteiger partial charge in [0, 0.05) is 5.75 Å². The van der Waals surface area contributed by atoms with Gasteiger partial charge in [-0.15, -0.1) is 0 Å². The van der Waals surface area contributed by atoms with Crippen LogP contribution >= 0.6 is 27.7 Å². The van der Waals surface area contributed by atoms with Crippen LogP contribution in [0.25, 0.3) is 0 Å². The quantitative estimate of drug-likeness (QED) is 0.426. The van der Waals surface area contributed by atoms with Gasteiger partial charge < -0.3 is 0 Å². The largest absolute Gasteiger partial charge is 0.280 e. The highest BCUT2D eigenvalue weighted by Gasteiger charge is 2.21. The van der Waals surface area contributed by atoms with Crippen LogP contribution in [0, 0.1) is 10.7 Å². The van der Waals surface area contributed by atoms with Crippen LogP contribution in [0.3, 0.4) is 0 Å². The van der Waals surface area contributed by atoms with Gasteiger partial charge in [-0.05, 0) is 11.8 Å². The lowest BCUT2D eigenvalue weighted by Gasteiger charge is -2.04. The molecule has 0 aromatic carbocycles. The van der Waals surface area contributed by atoms with E-state index in [1.807, 2.05) is 0 Å². The highest BCUT2D eigenvalue weighted by Crippen LogP contribution is 2.15. The summed E-state index contributed by atoms with van der Waals surface area (Å²) in [6.45, 7) is 0. The predicted molar refractivity (Wildman–Crippen MR) is 46.7 cm³/mol. The first-order valence-corrected chi connectivity index (χ1v) is 5.86. The van der Waals surface area contributed by atoms with Crippen LogP contribution in [-0.4, -0.2) is 25.4 Å². The van der Waals surface area contributed by atoms with E-state index in [-0.39, 0.29) is 5.75 Å². The number of nitrogens with zero attached hydrogens (tertiary/aromatic N) is 1. The maximum atomic E-state index is 10.8. The molecule has 0 saturated carbocycles. The summed E-state index contributed by atoms with van der Waals surface area (Å²) in [5.74, 6) is 0.159. The van der Waals surface area contributed by atoms with Gasteiger partial charge in [-0.1, -0.05) is 15.9 Å². The van der Waals surface area contributed by atoms with Crippen molar-refractivity contribution in [1.82, 2.24) is 0 Å². The minimum atomic E-state index is -3.53. The van der Waals surface area contributed by atoms with E-state index in [2.05, 4.69) is 20.1 Å². The Hall–Kier alpha value is 0.230. The van der Waals surface area contributed by atoms with Crippen molar-refractivity contribution >= 4 is 37.8 Å². The van der Waals surface area contributed by atoms with Gasteiger partial charge in [0.1, 0.15) is 5.40 Å². The van der Waals surface area contributed by atoms with E-state index in [0.717, 1.165) is 18.9 Å². The second-order valence-corrected chi connectivity index (χ2v) is 5.88. The Balaban J connectivity index is 4.05. The first kappa shape index (κ1) is 11.2. The first-order valence-electron chi connectivity index (χ1n) is 2.49. The maximum absolute atomic E-state index is 10.8. The maximum Gasteiger partial charge on any atom is 0.280 e. The summed E-state index contributed by atoms with van der Waals surface area (Å²) >= 11 is 3.73. The summed E-state index contributed by atoms with van der Waals surface area (Å²) in [6, 6.07) is 0. The molecule has 0 aromatic heterocycles. The number of thiocyanates is 1. The number of nitriles is 1. The Morgan fingerprint density at radius 3 is 2.73 bits per heavy atom. The average Bonchev–Trinajstić information content (AvgIpc) is 2.00. The SMILES string of the molecule is COS(=O)(=O)C(Br)CSC#N. The second-order valence-electron chi connectivity index (χ2n) is 1.47. The molecule has 64 valence electrons. The smallest absolute Gasteiger partial charge is 0.273 e. The van der Waals surface area contributed by atoms with Gasteiger partial charge >= 0.3 is 0 Å². The molecule has 0 saturated heterocycles. The number of hydrogen-bond acceptors (Lipinski definition) is 5.